The molecule has 2 aliphatic rings. The van der Waals surface area contributed by atoms with E-state index in [1.54, 1.807) is 0 Å². The number of carbonyl (C=O) groups excluding carboxylic acids is 1. The van der Waals surface area contributed by atoms with Gasteiger partial charge >= 0.3 is 0 Å². The van der Waals surface area contributed by atoms with Gasteiger partial charge in [0.2, 0.25) is 0 Å². The first-order chi connectivity index (χ1) is 5.77. The minimum Gasteiger partial charge on any atom is -0.393 e. The van der Waals surface area contributed by atoms with Crippen LogP contribution in [0.15, 0.2) is 0 Å². The lowest BCUT2D eigenvalue weighted by Gasteiger charge is -2.38. The van der Waals surface area contributed by atoms with Gasteiger partial charge in [-0.25, -0.2) is 0 Å². The fourth-order valence-electron chi connectivity index (χ4n) is 2.74. The van der Waals surface area contributed by atoms with Crippen LogP contribution in [0.4, 0.5) is 0 Å². The van der Waals surface area contributed by atoms with E-state index in [1.165, 1.54) is 0 Å². The SMILES string of the molecule is O=C1CCC2C(O)CCCC2C1. The van der Waals surface area contributed by atoms with Gasteiger partial charge in [-0.05, 0) is 31.1 Å². The van der Waals surface area contributed by atoms with E-state index in [0.29, 0.717) is 24.0 Å². The number of rotatable bonds is 0. The number of Topliss-reactive ketones (excluding diaryl/α,β-unsaturated/α-hetero) is 1. The monoisotopic (exact) mass is 168 g/mol. The molecule has 2 fully saturated rings. The maximum atomic E-state index is 11.1. The van der Waals surface area contributed by atoms with Gasteiger partial charge in [-0.3, -0.25) is 4.79 Å². The van der Waals surface area contributed by atoms with Crippen LogP contribution in [-0.4, -0.2) is 17.0 Å². The topological polar surface area (TPSA) is 37.3 Å². The largest absolute Gasteiger partial charge is 0.393 e. The van der Waals surface area contributed by atoms with Crippen LogP contribution >= 0.6 is 0 Å². The van der Waals surface area contributed by atoms with Gasteiger partial charge in [-0.1, -0.05) is 6.42 Å². The third-order valence-corrected chi connectivity index (χ3v) is 3.42. The predicted octanol–water partition coefficient (Wildman–Crippen LogP) is 1.52. The molecule has 3 atom stereocenters. The Balaban J connectivity index is 2.04. The Bertz CT molecular complexity index is 188. The highest BCUT2D eigenvalue weighted by Gasteiger charge is 2.36. The first-order valence-corrected chi connectivity index (χ1v) is 4.97. The Morgan fingerprint density at radius 3 is 2.92 bits per heavy atom. The third-order valence-electron chi connectivity index (χ3n) is 3.42. The van der Waals surface area contributed by atoms with Crippen molar-refractivity contribution in [3.05, 3.63) is 0 Å². The van der Waals surface area contributed by atoms with Gasteiger partial charge in [0.05, 0.1) is 6.10 Å². The second kappa shape index (κ2) is 3.17. The molecule has 3 unspecified atom stereocenters. The van der Waals surface area contributed by atoms with Crippen molar-refractivity contribution in [2.24, 2.45) is 11.8 Å². The zero-order chi connectivity index (χ0) is 8.55. The molecule has 2 saturated carbocycles. The van der Waals surface area contributed by atoms with E-state index in [-0.39, 0.29) is 6.10 Å². The fourth-order valence-corrected chi connectivity index (χ4v) is 2.74. The van der Waals surface area contributed by atoms with Crippen molar-refractivity contribution in [2.75, 3.05) is 0 Å². The molecule has 2 aliphatic carbocycles. The van der Waals surface area contributed by atoms with Crippen molar-refractivity contribution in [2.45, 2.75) is 44.6 Å². The molecule has 0 saturated heterocycles. The van der Waals surface area contributed by atoms with Gasteiger partial charge in [-0.2, -0.15) is 0 Å². The maximum Gasteiger partial charge on any atom is 0.133 e. The Morgan fingerprint density at radius 2 is 2.08 bits per heavy atom. The van der Waals surface area contributed by atoms with Crippen LogP contribution in [0.2, 0.25) is 0 Å². The summed E-state index contributed by atoms with van der Waals surface area (Å²) >= 11 is 0. The summed E-state index contributed by atoms with van der Waals surface area (Å²) in [6.45, 7) is 0. The Morgan fingerprint density at radius 1 is 1.25 bits per heavy atom. The Hall–Kier alpha value is -0.370. The number of carbonyl (C=O) groups is 1. The summed E-state index contributed by atoms with van der Waals surface area (Å²) in [5, 5.41) is 9.68. The average Bonchev–Trinajstić information content (AvgIpc) is 2.04. The van der Waals surface area contributed by atoms with Crippen molar-refractivity contribution < 1.29 is 9.90 Å². The minimum absolute atomic E-state index is 0.114. The number of hydrogen-bond donors (Lipinski definition) is 1. The molecule has 2 rings (SSSR count). The van der Waals surface area contributed by atoms with Crippen LogP contribution in [-0.2, 0) is 4.79 Å². The van der Waals surface area contributed by atoms with E-state index >= 15 is 0 Å². The lowest BCUT2D eigenvalue weighted by molar-refractivity contribution is -0.125. The molecule has 0 radical (unpaired) electrons. The van der Waals surface area contributed by atoms with Gasteiger partial charge in [0, 0.05) is 12.8 Å². The average molecular weight is 168 g/mol. The number of ketones is 1. The quantitative estimate of drug-likeness (QED) is 0.595. The van der Waals surface area contributed by atoms with Gasteiger partial charge in [0.1, 0.15) is 5.78 Å². The standard InChI is InChI=1S/C10H16O2/c11-8-4-5-9-7(6-8)2-1-3-10(9)12/h7,9-10,12H,1-6H2. The zero-order valence-electron chi connectivity index (χ0n) is 7.33. The first kappa shape index (κ1) is 8.24. The zero-order valence-corrected chi connectivity index (χ0v) is 7.33. The molecule has 2 nitrogen and oxygen atoms in total. The van der Waals surface area contributed by atoms with Crippen molar-refractivity contribution in [1.29, 1.82) is 0 Å². The molecule has 0 aliphatic heterocycles. The highest BCUT2D eigenvalue weighted by Crippen LogP contribution is 2.39. The number of aliphatic hydroxyl groups excluding tert-OH is 1. The van der Waals surface area contributed by atoms with Gasteiger partial charge < -0.3 is 5.11 Å². The summed E-state index contributed by atoms with van der Waals surface area (Å²) in [5.41, 5.74) is 0. The van der Waals surface area contributed by atoms with E-state index < -0.39 is 0 Å². The minimum atomic E-state index is -0.114. The Labute approximate surface area is 73.0 Å². The summed E-state index contributed by atoms with van der Waals surface area (Å²) in [7, 11) is 0. The molecule has 12 heavy (non-hydrogen) atoms. The van der Waals surface area contributed by atoms with Crippen molar-refractivity contribution >= 4 is 5.78 Å². The number of hydrogen-bond acceptors (Lipinski definition) is 2. The third kappa shape index (κ3) is 1.40. The van der Waals surface area contributed by atoms with Crippen LogP contribution < -0.4 is 0 Å². The fraction of sp³-hybridized carbons (Fsp3) is 0.900. The summed E-state index contributed by atoms with van der Waals surface area (Å²) in [6.07, 6.45) is 5.49. The molecular weight excluding hydrogens is 152 g/mol. The normalized spacial score (nSPS) is 42.4. The highest BCUT2D eigenvalue weighted by molar-refractivity contribution is 5.79. The van der Waals surface area contributed by atoms with Crippen molar-refractivity contribution in [3.63, 3.8) is 0 Å². The summed E-state index contributed by atoms with van der Waals surface area (Å²) < 4.78 is 0. The van der Waals surface area contributed by atoms with Crippen LogP contribution in [0.25, 0.3) is 0 Å². The number of fused-ring (bicyclic) bond motifs is 1. The predicted molar refractivity (Wildman–Crippen MR) is 45.7 cm³/mol. The van der Waals surface area contributed by atoms with Gasteiger partial charge in [-0.15, -0.1) is 0 Å². The second-order valence-electron chi connectivity index (χ2n) is 4.20. The van der Waals surface area contributed by atoms with Gasteiger partial charge in [0.25, 0.3) is 0 Å². The van der Waals surface area contributed by atoms with Crippen LogP contribution in [0.3, 0.4) is 0 Å². The molecule has 0 aromatic carbocycles. The van der Waals surface area contributed by atoms with Crippen molar-refractivity contribution in [3.8, 4) is 0 Å². The van der Waals surface area contributed by atoms with Crippen LogP contribution in [0.1, 0.15) is 38.5 Å². The van der Waals surface area contributed by atoms with Crippen LogP contribution in [0.5, 0.6) is 0 Å². The highest BCUT2D eigenvalue weighted by atomic mass is 16.3. The lowest BCUT2D eigenvalue weighted by Crippen LogP contribution is -2.37. The van der Waals surface area contributed by atoms with E-state index in [2.05, 4.69) is 0 Å². The summed E-state index contributed by atoms with van der Waals surface area (Å²) in [5.74, 6) is 1.36. The van der Waals surface area contributed by atoms with E-state index in [9.17, 15) is 9.90 Å². The molecule has 0 aromatic rings. The molecular formula is C10H16O2. The smallest absolute Gasteiger partial charge is 0.133 e. The van der Waals surface area contributed by atoms with E-state index in [1.807, 2.05) is 0 Å². The molecule has 0 bridgehead atoms. The molecule has 2 heteroatoms. The lowest BCUT2D eigenvalue weighted by atomic mass is 9.69. The second-order valence-corrected chi connectivity index (χ2v) is 4.20. The van der Waals surface area contributed by atoms with Crippen molar-refractivity contribution in [1.82, 2.24) is 0 Å². The molecule has 0 amide bonds. The molecule has 1 N–H and O–H groups in total. The van der Waals surface area contributed by atoms with E-state index in [0.717, 1.165) is 32.1 Å². The van der Waals surface area contributed by atoms with E-state index in [4.69, 9.17) is 0 Å². The molecule has 68 valence electrons. The van der Waals surface area contributed by atoms with Crippen LogP contribution in [0, 0.1) is 11.8 Å². The number of aliphatic hydroxyl groups is 1. The molecule has 0 aromatic heterocycles. The summed E-state index contributed by atoms with van der Waals surface area (Å²) in [6, 6.07) is 0. The summed E-state index contributed by atoms with van der Waals surface area (Å²) in [4.78, 5) is 11.1. The maximum absolute atomic E-state index is 11.1. The Kier molecular flexibility index (Phi) is 2.18. The molecule has 0 heterocycles. The molecule has 0 spiro atoms. The first-order valence-electron chi connectivity index (χ1n) is 4.97. The van der Waals surface area contributed by atoms with Gasteiger partial charge in [0.15, 0.2) is 0 Å².